The van der Waals surface area contributed by atoms with Crippen LogP contribution in [0.3, 0.4) is 0 Å². The van der Waals surface area contributed by atoms with Crippen molar-refractivity contribution in [1.29, 1.82) is 0 Å². The molecule has 104 valence electrons. The maximum absolute atomic E-state index is 5.99. The van der Waals surface area contributed by atoms with Gasteiger partial charge in [-0.25, -0.2) is 0 Å². The highest BCUT2D eigenvalue weighted by atomic mass is 16.5. The quantitative estimate of drug-likeness (QED) is 0.810. The van der Waals surface area contributed by atoms with Gasteiger partial charge < -0.3 is 10.1 Å². The van der Waals surface area contributed by atoms with Crippen LogP contribution >= 0.6 is 0 Å². The molecule has 3 nitrogen and oxygen atoms in total. The average Bonchev–Trinajstić information content (AvgIpc) is 3.10. The third kappa shape index (κ3) is 3.06. The molecule has 1 unspecified atom stereocenters. The molecule has 0 aromatic heterocycles. The third-order valence-electron chi connectivity index (χ3n) is 5.05. The zero-order chi connectivity index (χ0) is 12.4. The second-order valence-electron chi connectivity index (χ2n) is 6.67. The number of hydrogen-bond donors (Lipinski definition) is 1. The minimum atomic E-state index is 0.381. The van der Waals surface area contributed by atoms with Crippen LogP contribution in [0.25, 0.3) is 0 Å². The van der Waals surface area contributed by atoms with E-state index in [1.165, 1.54) is 51.6 Å². The predicted octanol–water partition coefficient (Wildman–Crippen LogP) is 2.02. The van der Waals surface area contributed by atoms with Crippen LogP contribution in [-0.2, 0) is 4.74 Å². The second kappa shape index (κ2) is 5.48. The minimum Gasteiger partial charge on any atom is -0.377 e. The third-order valence-corrected chi connectivity index (χ3v) is 5.05. The first kappa shape index (κ1) is 12.9. The summed E-state index contributed by atoms with van der Waals surface area (Å²) in [5.74, 6) is 0.927. The van der Waals surface area contributed by atoms with Crippen LogP contribution in [0.4, 0.5) is 0 Å². The maximum Gasteiger partial charge on any atom is 0.0597 e. The van der Waals surface area contributed by atoms with E-state index >= 15 is 0 Å². The van der Waals surface area contributed by atoms with Crippen molar-refractivity contribution in [2.24, 2.45) is 5.92 Å². The number of nitrogens with one attached hydrogen (secondary N) is 1. The molecule has 1 atom stereocenters. The molecule has 0 aromatic rings. The van der Waals surface area contributed by atoms with Gasteiger partial charge in [-0.2, -0.15) is 0 Å². The van der Waals surface area contributed by atoms with Crippen molar-refractivity contribution in [2.45, 2.75) is 57.1 Å². The van der Waals surface area contributed by atoms with Crippen molar-refractivity contribution < 1.29 is 4.74 Å². The number of nitrogens with zero attached hydrogens (tertiary/aromatic N) is 1. The zero-order valence-corrected chi connectivity index (χ0v) is 11.8. The Bertz CT molecular complexity index is 274. The van der Waals surface area contributed by atoms with Gasteiger partial charge in [0.1, 0.15) is 0 Å². The zero-order valence-electron chi connectivity index (χ0n) is 11.8. The molecular weight excluding hydrogens is 224 g/mol. The van der Waals surface area contributed by atoms with Gasteiger partial charge in [0.15, 0.2) is 0 Å². The summed E-state index contributed by atoms with van der Waals surface area (Å²) in [6.45, 7) is 8.03. The summed E-state index contributed by atoms with van der Waals surface area (Å²) in [4.78, 5) is 2.60. The van der Waals surface area contributed by atoms with E-state index in [4.69, 9.17) is 4.74 Å². The predicted molar refractivity (Wildman–Crippen MR) is 73.8 cm³/mol. The number of rotatable bonds is 5. The molecule has 0 radical (unpaired) electrons. The molecular formula is C15H28N2O. The summed E-state index contributed by atoms with van der Waals surface area (Å²) in [7, 11) is 0. The first-order valence-electron chi connectivity index (χ1n) is 7.85. The maximum atomic E-state index is 5.99. The first-order valence-corrected chi connectivity index (χ1v) is 7.85. The van der Waals surface area contributed by atoms with Crippen molar-refractivity contribution in [3.05, 3.63) is 0 Å². The molecule has 0 aromatic carbocycles. The lowest BCUT2D eigenvalue weighted by Crippen LogP contribution is -2.60. The van der Waals surface area contributed by atoms with Crippen LogP contribution in [0.2, 0.25) is 0 Å². The van der Waals surface area contributed by atoms with E-state index in [0.717, 1.165) is 25.6 Å². The standard InChI is InChI=1S/C15H28N2O/c1-15(13-6-7-13)12-17(9-8-16-15)10-11-18-14-4-2-3-5-14/h13-14,16H,2-12H2,1H3. The van der Waals surface area contributed by atoms with Crippen LogP contribution in [0, 0.1) is 5.92 Å². The van der Waals surface area contributed by atoms with E-state index in [1.807, 2.05) is 0 Å². The van der Waals surface area contributed by atoms with E-state index < -0.39 is 0 Å². The first-order chi connectivity index (χ1) is 8.76. The Kier molecular flexibility index (Phi) is 3.92. The molecule has 3 rings (SSSR count). The molecule has 1 saturated heterocycles. The van der Waals surface area contributed by atoms with Crippen molar-refractivity contribution in [1.82, 2.24) is 10.2 Å². The number of ether oxygens (including phenoxy) is 1. The van der Waals surface area contributed by atoms with Crippen molar-refractivity contribution in [3.63, 3.8) is 0 Å². The molecule has 1 heterocycles. The Hall–Kier alpha value is -0.120. The number of hydrogen-bond acceptors (Lipinski definition) is 3. The molecule has 1 N–H and O–H groups in total. The van der Waals surface area contributed by atoms with E-state index in [0.29, 0.717) is 11.6 Å². The van der Waals surface area contributed by atoms with E-state index in [1.54, 1.807) is 0 Å². The van der Waals surface area contributed by atoms with Crippen LogP contribution in [0.15, 0.2) is 0 Å². The molecule has 2 aliphatic carbocycles. The smallest absolute Gasteiger partial charge is 0.0597 e. The summed E-state index contributed by atoms with van der Waals surface area (Å²) in [6, 6.07) is 0. The Balaban J connectivity index is 1.39. The van der Waals surface area contributed by atoms with Gasteiger partial charge in [-0.15, -0.1) is 0 Å². The summed E-state index contributed by atoms with van der Waals surface area (Å²) in [5.41, 5.74) is 0.381. The van der Waals surface area contributed by atoms with Crippen molar-refractivity contribution >= 4 is 0 Å². The van der Waals surface area contributed by atoms with Crippen molar-refractivity contribution in [2.75, 3.05) is 32.8 Å². The van der Waals surface area contributed by atoms with E-state index in [9.17, 15) is 0 Å². The van der Waals surface area contributed by atoms with E-state index in [-0.39, 0.29) is 0 Å². The normalized spacial score (nSPS) is 35.2. The highest BCUT2D eigenvalue weighted by molar-refractivity contribution is 5.01. The molecule has 0 amide bonds. The number of piperazine rings is 1. The van der Waals surface area contributed by atoms with Crippen LogP contribution in [0.5, 0.6) is 0 Å². The fourth-order valence-electron chi connectivity index (χ4n) is 3.69. The Labute approximate surface area is 111 Å². The van der Waals surface area contributed by atoms with Gasteiger partial charge in [0.05, 0.1) is 12.7 Å². The van der Waals surface area contributed by atoms with Crippen molar-refractivity contribution in [3.8, 4) is 0 Å². The Morgan fingerprint density at radius 1 is 1.22 bits per heavy atom. The lowest BCUT2D eigenvalue weighted by molar-refractivity contribution is 0.0285. The molecule has 3 heteroatoms. The van der Waals surface area contributed by atoms with Gasteiger partial charge in [0, 0.05) is 31.7 Å². The second-order valence-corrected chi connectivity index (χ2v) is 6.67. The fraction of sp³-hybridized carbons (Fsp3) is 1.00. The monoisotopic (exact) mass is 252 g/mol. The molecule has 1 aliphatic heterocycles. The highest BCUT2D eigenvalue weighted by Crippen LogP contribution is 2.40. The molecule has 18 heavy (non-hydrogen) atoms. The van der Waals surface area contributed by atoms with Gasteiger partial charge in [-0.3, -0.25) is 4.90 Å². The van der Waals surface area contributed by atoms with Gasteiger partial charge in [0.2, 0.25) is 0 Å². The molecule has 0 bridgehead atoms. The lowest BCUT2D eigenvalue weighted by Gasteiger charge is -2.42. The fourth-order valence-corrected chi connectivity index (χ4v) is 3.69. The SMILES string of the molecule is CC1(C2CC2)CN(CCOC2CCCC2)CCN1. The lowest BCUT2D eigenvalue weighted by atomic mass is 9.93. The molecule has 2 saturated carbocycles. The minimum absolute atomic E-state index is 0.381. The summed E-state index contributed by atoms with van der Waals surface area (Å²) in [5, 5.41) is 3.74. The van der Waals surface area contributed by atoms with Crippen LogP contribution < -0.4 is 5.32 Å². The summed E-state index contributed by atoms with van der Waals surface area (Å²) < 4.78 is 5.99. The molecule has 0 spiro atoms. The summed E-state index contributed by atoms with van der Waals surface area (Å²) in [6.07, 6.45) is 8.76. The van der Waals surface area contributed by atoms with Gasteiger partial charge in [-0.05, 0) is 38.5 Å². The van der Waals surface area contributed by atoms with Gasteiger partial charge >= 0.3 is 0 Å². The van der Waals surface area contributed by atoms with Gasteiger partial charge in [0.25, 0.3) is 0 Å². The average molecular weight is 252 g/mol. The summed E-state index contributed by atoms with van der Waals surface area (Å²) >= 11 is 0. The molecule has 3 fully saturated rings. The largest absolute Gasteiger partial charge is 0.377 e. The van der Waals surface area contributed by atoms with E-state index in [2.05, 4.69) is 17.1 Å². The van der Waals surface area contributed by atoms with Gasteiger partial charge in [-0.1, -0.05) is 12.8 Å². The highest BCUT2D eigenvalue weighted by Gasteiger charge is 2.43. The van der Waals surface area contributed by atoms with Crippen LogP contribution in [0.1, 0.15) is 45.4 Å². The Morgan fingerprint density at radius 2 is 2.00 bits per heavy atom. The van der Waals surface area contributed by atoms with Crippen LogP contribution in [-0.4, -0.2) is 49.3 Å². The molecule has 3 aliphatic rings. The topological polar surface area (TPSA) is 24.5 Å². The Morgan fingerprint density at radius 3 is 2.72 bits per heavy atom.